The first-order valence-corrected chi connectivity index (χ1v) is 8.22. The molecule has 0 amide bonds. The van der Waals surface area contributed by atoms with Crippen LogP contribution in [0.2, 0.25) is 0 Å². The van der Waals surface area contributed by atoms with Gasteiger partial charge in [0.2, 0.25) is 0 Å². The van der Waals surface area contributed by atoms with Gasteiger partial charge in [0.25, 0.3) is 0 Å². The average Bonchev–Trinajstić information content (AvgIpc) is 2.91. The number of aromatic nitrogens is 3. The van der Waals surface area contributed by atoms with Crippen LogP contribution in [-0.4, -0.2) is 21.5 Å². The van der Waals surface area contributed by atoms with Crippen molar-refractivity contribution in [1.29, 1.82) is 0 Å². The van der Waals surface area contributed by atoms with E-state index in [0.717, 1.165) is 48.2 Å². The highest BCUT2D eigenvalue weighted by Gasteiger charge is 2.19. The monoisotopic (exact) mass is 288 g/mol. The Kier molecular flexibility index (Phi) is 3.96. The summed E-state index contributed by atoms with van der Waals surface area (Å²) in [5.74, 6) is 1.80. The van der Waals surface area contributed by atoms with E-state index < -0.39 is 0 Å². The van der Waals surface area contributed by atoms with E-state index in [-0.39, 0.29) is 0 Å². The second-order valence-corrected chi connectivity index (χ2v) is 6.27. The predicted octanol–water partition coefficient (Wildman–Crippen LogP) is 3.61. The van der Waals surface area contributed by atoms with Crippen molar-refractivity contribution in [3.63, 3.8) is 0 Å². The fraction of sp³-hybridized carbons (Fsp3) is 0.533. The van der Waals surface area contributed by atoms with E-state index in [1.165, 1.54) is 24.1 Å². The van der Waals surface area contributed by atoms with Crippen LogP contribution in [0.15, 0.2) is 5.38 Å². The summed E-state index contributed by atoms with van der Waals surface area (Å²) in [6, 6.07) is 0. The summed E-state index contributed by atoms with van der Waals surface area (Å²) in [4.78, 5) is 14.0. The molecule has 2 heterocycles. The number of hydrogen-bond acceptors (Lipinski definition) is 5. The number of rotatable bonds is 4. The maximum atomic E-state index is 4.76. The van der Waals surface area contributed by atoms with Gasteiger partial charge in [-0.05, 0) is 39.0 Å². The normalized spacial score (nSPS) is 14.1. The highest BCUT2D eigenvalue weighted by Crippen LogP contribution is 2.28. The molecular formula is C15H20N4S. The number of aryl methyl sites for hydroxylation is 2. The van der Waals surface area contributed by atoms with Crippen LogP contribution in [0.1, 0.15) is 42.5 Å². The van der Waals surface area contributed by atoms with Crippen LogP contribution < -0.4 is 5.32 Å². The lowest BCUT2D eigenvalue weighted by atomic mass is 9.96. The van der Waals surface area contributed by atoms with Gasteiger partial charge in [-0.15, -0.1) is 11.3 Å². The molecule has 2 aromatic heterocycles. The SMILES string of the molecule is CCCNc1nc(-c2csc(C)n2)nc2c1CCCC2. The number of hydrogen-bond donors (Lipinski definition) is 1. The zero-order chi connectivity index (χ0) is 13.9. The Morgan fingerprint density at radius 3 is 2.80 bits per heavy atom. The maximum Gasteiger partial charge on any atom is 0.181 e. The van der Waals surface area contributed by atoms with E-state index in [2.05, 4.69) is 17.2 Å². The number of anilines is 1. The van der Waals surface area contributed by atoms with Gasteiger partial charge in [-0.25, -0.2) is 15.0 Å². The maximum absolute atomic E-state index is 4.76. The Labute approximate surface area is 123 Å². The fourth-order valence-corrected chi connectivity index (χ4v) is 3.16. The van der Waals surface area contributed by atoms with E-state index in [0.29, 0.717) is 0 Å². The van der Waals surface area contributed by atoms with Gasteiger partial charge < -0.3 is 5.32 Å². The van der Waals surface area contributed by atoms with Gasteiger partial charge in [0.15, 0.2) is 5.82 Å². The van der Waals surface area contributed by atoms with Crippen LogP contribution in [0.5, 0.6) is 0 Å². The van der Waals surface area contributed by atoms with Gasteiger partial charge in [-0.2, -0.15) is 0 Å². The minimum Gasteiger partial charge on any atom is -0.370 e. The van der Waals surface area contributed by atoms with Crippen molar-refractivity contribution in [3.8, 4) is 11.5 Å². The summed E-state index contributed by atoms with van der Waals surface area (Å²) in [7, 11) is 0. The number of fused-ring (bicyclic) bond motifs is 1. The van der Waals surface area contributed by atoms with Crippen molar-refractivity contribution in [3.05, 3.63) is 21.6 Å². The Morgan fingerprint density at radius 2 is 2.05 bits per heavy atom. The second kappa shape index (κ2) is 5.87. The molecule has 1 N–H and O–H groups in total. The molecule has 0 spiro atoms. The molecule has 1 aliphatic carbocycles. The van der Waals surface area contributed by atoms with Crippen LogP contribution >= 0.6 is 11.3 Å². The molecule has 0 fully saturated rings. The zero-order valence-electron chi connectivity index (χ0n) is 12.1. The first-order valence-electron chi connectivity index (χ1n) is 7.34. The predicted molar refractivity (Wildman–Crippen MR) is 83.3 cm³/mol. The highest BCUT2D eigenvalue weighted by molar-refractivity contribution is 7.09. The number of thiazole rings is 1. The molecule has 0 saturated heterocycles. The first-order chi connectivity index (χ1) is 9.78. The number of nitrogens with one attached hydrogen (secondary N) is 1. The quantitative estimate of drug-likeness (QED) is 0.933. The van der Waals surface area contributed by atoms with Crippen molar-refractivity contribution in [2.45, 2.75) is 46.0 Å². The van der Waals surface area contributed by atoms with Gasteiger partial charge >= 0.3 is 0 Å². The average molecular weight is 288 g/mol. The summed E-state index contributed by atoms with van der Waals surface area (Å²) in [5.41, 5.74) is 3.44. The van der Waals surface area contributed by atoms with Crippen LogP contribution in [0, 0.1) is 6.92 Å². The summed E-state index contributed by atoms with van der Waals surface area (Å²) in [6.07, 6.45) is 5.73. The summed E-state index contributed by atoms with van der Waals surface area (Å²) in [6.45, 7) is 5.15. The largest absolute Gasteiger partial charge is 0.370 e. The van der Waals surface area contributed by atoms with Crippen molar-refractivity contribution in [2.24, 2.45) is 0 Å². The molecule has 20 heavy (non-hydrogen) atoms. The molecular weight excluding hydrogens is 268 g/mol. The van der Waals surface area contributed by atoms with Crippen LogP contribution in [0.4, 0.5) is 5.82 Å². The third-order valence-corrected chi connectivity index (χ3v) is 4.35. The summed E-state index contributed by atoms with van der Waals surface area (Å²) < 4.78 is 0. The Morgan fingerprint density at radius 1 is 1.20 bits per heavy atom. The molecule has 5 heteroatoms. The molecule has 3 rings (SSSR count). The van der Waals surface area contributed by atoms with Crippen molar-refractivity contribution in [2.75, 3.05) is 11.9 Å². The second-order valence-electron chi connectivity index (χ2n) is 5.21. The lowest BCUT2D eigenvalue weighted by Crippen LogP contribution is -2.14. The molecule has 4 nitrogen and oxygen atoms in total. The van der Waals surface area contributed by atoms with Crippen molar-refractivity contribution in [1.82, 2.24) is 15.0 Å². The molecule has 0 unspecified atom stereocenters. The Hall–Kier alpha value is -1.49. The molecule has 0 aromatic carbocycles. The minimum absolute atomic E-state index is 0.772. The minimum atomic E-state index is 0.772. The van der Waals surface area contributed by atoms with E-state index >= 15 is 0 Å². The molecule has 106 valence electrons. The molecule has 0 aliphatic heterocycles. The van der Waals surface area contributed by atoms with Crippen molar-refractivity contribution >= 4 is 17.2 Å². The van der Waals surface area contributed by atoms with Crippen LogP contribution in [0.25, 0.3) is 11.5 Å². The van der Waals surface area contributed by atoms with Gasteiger partial charge in [-0.3, -0.25) is 0 Å². The molecule has 1 aliphatic rings. The zero-order valence-corrected chi connectivity index (χ0v) is 12.9. The Bertz CT molecular complexity index is 606. The van der Waals surface area contributed by atoms with E-state index in [9.17, 15) is 0 Å². The fourth-order valence-electron chi connectivity index (χ4n) is 2.56. The van der Waals surface area contributed by atoms with E-state index in [1.807, 2.05) is 12.3 Å². The summed E-state index contributed by atoms with van der Waals surface area (Å²) in [5, 5.41) is 6.57. The smallest absolute Gasteiger partial charge is 0.181 e. The van der Waals surface area contributed by atoms with Crippen LogP contribution in [-0.2, 0) is 12.8 Å². The number of nitrogens with zero attached hydrogens (tertiary/aromatic N) is 3. The first kappa shape index (κ1) is 13.5. The van der Waals surface area contributed by atoms with Gasteiger partial charge in [0.1, 0.15) is 11.5 Å². The molecule has 2 aromatic rings. The lowest BCUT2D eigenvalue weighted by Gasteiger charge is -2.19. The molecule has 0 saturated carbocycles. The topological polar surface area (TPSA) is 50.7 Å². The lowest BCUT2D eigenvalue weighted by molar-refractivity contribution is 0.664. The highest BCUT2D eigenvalue weighted by atomic mass is 32.1. The Balaban J connectivity index is 2.03. The molecule has 0 radical (unpaired) electrons. The van der Waals surface area contributed by atoms with Gasteiger partial charge in [0.05, 0.1) is 5.01 Å². The third kappa shape index (κ3) is 2.68. The van der Waals surface area contributed by atoms with E-state index in [1.54, 1.807) is 11.3 Å². The van der Waals surface area contributed by atoms with Gasteiger partial charge in [0, 0.05) is 23.2 Å². The van der Waals surface area contributed by atoms with Crippen molar-refractivity contribution < 1.29 is 0 Å². The van der Waals surface area contributed by atoms with Crippen LogP contribution in [0.3, 0.4) is 0 Å². The summed E-state index contributed by atoms with van der Waals surface area (Å²) >= 11 is 1.65. The molecule has 0 bridgehead atoms. The third-order valence-electron chi connectivity index (χ3n) is 3.57. The van der Waals surface area contributed by atoms with Gasteiger partial charge in [-0.1, -0.05) is 6.92 Å². The molecule has 0 atom stereocenters. The van der Waals surface area contributed by atoms with E-state index in [4.69, 9.17) is 9.97 Å². The standard InChI is InChI=1S/C15H20N4S/c1-3-8-16-14-11-6-4-5-7-12(11)18-15(19-14)13-9-20-10(2)17-13/h9H,3-8H2,1-2H3,(H,16,18,19).